The first-order chi connectivity index (χ1) is 12.7. The van der Waals surface area contributed by atoms with Gasteiger partial charge in [-0.05, 0) is 57.5 Å². The molecule has 1 fully saturated rings. The summed E-state index contributed by atoms with van der Waals surface area (Å²) >= 11 is 0. The molecule has 4 nitrogen and oxygen atoms in total. The van der Waals surface area contributed by atoms with E-state index in [-0.39, 0.29) is 0 Å². The molecule has 0 saturated heterocycles. The summed E-state index contributed by atoms with van der Waals surface area (Å²) < 4.78 is 0. The number of nitrogens with zero attached hydrogens (tertiary/aromatic N) is 3. The van der Waals surface area contributed by atoms with E-state index in [1.54, 1.807) is 0 Å². The van der Waals surface area contributed by atoms with E-state index in [9.17, 15) is 0 Å². The predicted molar refractivity (Wildman–Crippen MR) is 112 cm³/mol. The van der Waals surface area contributed by atoms with Crippen LogP contribution in [0.15, 0.2) is 12.1 Å². The second kappa shape index (κ2) is 8.90. The lowest BCUT2D eigenvalue weighted by Gasteiger charge is -2.28. The van der Waals surface area contributed by atoms with E-state index in [1.165, 1.54) is 54.7 Å². The average Bonchev–Trinajstić information content (AvgIpc) is 3.09. The Hall–Kier alpha value is -1.55. The van der Waals surface area contributed by atoms with Crippen LogP contribution in [0.3, 0.4) is 0 Å². The first-order valence-electron chi connectivity index (χ1n) is 10.6. The zero-order chi connectivity index (χ0) is 18.5. The molecule has 26 heavy (non-hydrogen) atoms. The lowest BCUT2D eigenvalue weighted by Crippen LogP contribution is -2.35. The van der Waals surface area contributed by atoms with Crippen molar-refractivity contribution in [3.05, 3.63) is 23.5 Å². The minimum absolute atomic E-state index is 0.629. The molecule has 2 aromatic rings. The van der Waals surface area contributed by atoms with Crippen LogP contribution in [-0.2, 0) is 0 Å². The minimum atomic E-state index is 0.629. The molecule has 1 aliphatic rings. The van der Waals surface area contributed by atoms with Gasteiger partial charge in [-0.15, -0.1) is 0 Å². The number of nitrogens with one attached hydrogen (secondary N) is 1. The van der Waals surface area contributed by atoms with Crippen LogP contribution in [0.1, 0.15) is 70.2 Å². The Morgan fingerprint density at radius 2 is 1.73 bits per heavy atom. The number of hydrogen-bond acceptors (Lipinski definition) is 3. The van der Waals surface area contributed by atoms with E-state index in [2.05, 4.69) is 54.6 Å². The quantitative estimate of drug-likeness (QED) is 0.716. The van der Waals surface area contributed by atoms with Crippen LogP contribution in [0, 0.1) is 6.92 Å². The van der Waals surface area contributed by atoms with Crippen molar-refractivity contribution in [1.29, 1.82) is 0 Å². The van der Waals surface area contributed by atoms with Gasteiger partial charge in [-0.2, -0.15) is 0 Å². The summed E-state index contributed by atoms with van der Waals surface area (Å²) in [6, 6.07) is 4.60. The van der Waals surface area contributed by atoms with Crippen LogP contribution in [0.5, 0.6) is 0 Å². The SMILES string of the molecule is CCN(CC)CCN(CC)c1cc2nc(C3CCCCC3)[nH]c2cc1C. The highest BCUT2D eigenvalue weighted by atomic mass is 15.2. The average molecular weight is 357 g/mol. The van der Waals surface area contributed by atoms with Gasteiger partial charge in [0, 0.05) is 31.2 Å². The van der Waals surface area contributed by atoms with Gasteiger partial charge in [0.05, 0.1) is 11.0 Å². The van der Waals surface area contributed by atoms with E-state index in [1.807, 2.05) is 0 Å². The highest BCUT2D eigenvalue weighted by Gasteiger charge is 2.20. The Kier molecular flexibility index (Phi) is 6.58. The van der Waals surface area contributed by atoms with Crippen molar-refractivity contribution in [3.63, 3.8) is 0 Å². The summed E-state index contributed by atoms with van der Waals surface area (Å²) in [5.41, 5.74) is 5.02. The molecule has 1 heterocycles. The van der Waals surface area contributed by atoms with Gasteiger partial charge in [-0.25, -0.2) is 4.98 Å². The molecule has 144 valence electrons. The van der Waals surface area contributed by atoms with Crippen molar-refractivity contribution in [2.24, 2.45) is 0 Å². The molecule has 0 atom stereocenters. The van der Waals surface area contributed by atoms with E-state index in [4.69, 9.17) is 4.98 Å². The number of fused-ring (bicyclic) bond motifs is 1. The third-order valence-electron chi connectivity index (χ3n) is 6.11. The minimum Gasteiger partial charge on any atom is -0.370 e. The molecule has 0 radical (unpaired) electrons. The summed E-state index contributed by atoms with van der Waals surface area (Å²) in [6.07, 6.45) is 6.66. The zero-order valence-corrected chi connectivity index (χ0v) is 17.1. The number of anilines is 1. The number of H-pyrrole nitrogens is 1. The van der Waals surface area contributed by atoms with Crippen LogP contribution in [-0.4, -0.2) is 47.6 Å². The number of aryl methyl sites for hydroxylation is 1. The molecule has 0 aliphatic heterocycles. The summed E-state index contributed by atoms with van der Waals surface area (Å²) in [4.78, 5) is 13.6. The van der Waals surface area contributed by atoms with Crippen molar-refractivity contribution in [1.82, 2.24) is 14.9 Å². The number of imidazole rings is 1. The van der Waals surface area contributed by atoms with Crippen LogP contribution < -0.4 is 4.90 Å². The molecule has 1 aliphatic carbocycles. The summed E-state index contributed by atoms with van der Waals surface area (Å²) in [5.74, 6) is 1.84. The summed E-state index contributed by atoms with van der Waals surface area (Å²) in [5, 5.41) is 0. The molecule has 0 spiro atoms. The van der Waals surface area contributed by atoms with E-state index in [0.717, 1.165) is 38.2 Å². The van der Waals surface area contributed by atoms with Crippen molar-refractivity contribution in [2.45, 2.75) is 65.7 Å². The molecule has 1 aromatic heterocycles. The van der Waals surface area contributed by atoms with Gasteiger partial charge < -0.3 is 14.8 Å². The number of rotatable bonds is 8. The molecule has 1 N–H and O–H groups in total. The van der Waals surface area contributed by atoms with Crippen LogP contribution in [0.25, 0.3) is 11.0 Å². The highest BCUT2D eigenvalue weighted by Crippen LogP contribution is 2.33. The second-order valence-electron chi connectivity index (χ2n) is 7.72. The molecule has 0 bridgehead atoms. The van der Waals surface area contributed by atoms with Crippen LogP contribution >= 0.6 is 0 Å². The lowest BCUT2D eigenvalue weighted by atomic mass is 9.89. The maximum Gasteiger partial charge on any atom is 0.110 e. The fourth-order valence-electron chi connectivity index (χ4n) is 4.33. The number of aromatic nitrogens is 2. The number of benzene rings is 1. The number of aromatic amines is 1. The first kappa shape index (κ1) is 19.2. The summed E-state index contributed by atoms with van der Waals surface area (Å²) in [6.45, 7) is 14.4. The Balaban J connectivity index is 1.81. The van der Waals surface area contributed by atoms with E-state index >= 15 is 0 Å². The van der Waals surface area contributed by atoms with Crippen LogP contribution in [0.2, 0.25) is 0 Å². The monoisotopic (exact) mass is 356 g/mol. The van der Waals surface area contributed by atoms with Gasteiger partial charge in [0.2, 0.25) is 0 Å². The predicted octanol–water partition coefficient (Wildman–Crippen LogP) is 5.09. The molecule has 0 amide bonds. The largest absolute Gasteiger partial charge is 0.370 e. The molecular formula is C22H36N4. The molecule has 3 rings (SSSR count). The molecule has 1 aromatic carbocycles. The van der Waals surface area contributed by atoms with Crippen molar-refractivity contribution in [2.75, 3.05) is 37.6 Å². The Labute approximate surface area is 159 Å². The van der Waals surface area contributed by atoms with Gasteiger partial charge in [0.25, 0.3) is 0 Å². The Bertz CT molecular complexity index is 695. The van der Waals surface area contributed by atoms with E-state index in [0.29, 0.717) is 5.92 Å². The van der Waals surface area contributed by atoms with Crippen molar-refractivity contribution >= 4 is 16.7 Å². The first-order valence-corrected chi connectivity index (χ1v) is 10.6. The fraction of sp³-hybridized carbons (Fsp3) is 0.682. The van der Waals surface area contributed by atoms with Gasteiger partial charge in [-0.1, -0.05) is 33.1 Å². The standard InChI is InChI=1S/C22H36N4/c1-5-25(6-2)13-14-26(7-3)21-16-20-19(15-17(21)4)23-22(24-20)18-11-9-8-10-12-18/h15-16,18H,5-14H2,1-4H3,(H,23,24). The van der Waals surface area contributed by atoms with Crippen molar-refractivity contribution in [3.8, 4) is 0 Å². The van der Waals surface area contributed by atoms with Crippen LogP contribution in [0.4, 0.5) is 5.69 Å². The topological polar surface area (TPSA) is 35.2 Å². The maximum atomic E-state index is 4.99. The lowest BCUT2D eigenvalue weighted by molar-refractivity contribution is 0.310. The van der Waals surface area contributed by atoms with Gasteiger partial charge in [0.15, 0.2) is 0 Å². The molecular weight excluding hydrogens is 320 g/mol. The molecule has 0 unspecified atom stereocenters. The third-order valence-corrected chi connectivity index (χ3v) is 6.11. The Morgan fingerprint density at radius 3 is 2.38 bits per heavy atom. The maximum absolute atomic E-state index is 4.99. The number of hydrogen-bond donors (Lipinski definition) is 1. The highest BCUT2D eigenvalue weighted by molar-refractivity contribution is 5.82. The third kappa shape index (κ3) is 4.22. The molecule has 1 saturated carbocycles. The van der Waals surface area contributed by atoms with Gasteiger partial charge >= 0.3 is 0 Å². The van der Waals surface area contributed by atoms with Gasteiger partial charge in [0.1, 0.15) is 5.82 Å². The zero-order valence-electron chi connectivity index (χ0n) is 17.1. The molecule has 4 heteroatoms. The van der Waals surface area contributed by atoms with Crippen molar-refractivity contribution < 1.29 is 0 Å². The summed E-state index contributed by atoms with van der Waals surface area (Å²) in [7, 11) is 0. The second-order valence-corrected chi connectivity index (χ2v) is 7.72. The Morgan fingerprint density at radius 1 is 1.00 bits per heavy atom. The fourth-order valence-corrected chi connectivity index (χ4v) is 4.33. The normalized spacial score (nSPS) is 15.9. The van der Waals surface area contributed by atoms with E-state index < -0.39 is 0 Å². The van der Waals surface area contributed by atoms with Gasteiger partial charge in [-0.3, -0.25) is 0 Å². The smallest absolute Gasteiger partial charge is 0.110 e. The number of likely N-dealkylation sites (N-methyl/N-ethyl adjacent to an activating group) is 2.